The summed E-state index contributed by atoms with van der Waals surface area (Å²) in [6, 6.07) is 31.3. The molecule has 0 amide bonds. The lowest BCUT2D eigenvalue weighted by atomic mass is 10.3. The molecule has 0 spiro atoms. The molecule has 3 heteroatoms. The van der Waals surface area contributed by atoms with Crippen LogP contribution in [0, 0.1) is 0 Å². The third-order valence-electron chi connectivity index (χ3n) is 4.56. The molecule has 0 saturated carbocycles. The lowest BCUT2D eigenvalue weighted by Gasteiger charge is -2.37. The van der Waals surface area contributed by atoms with Crippen LogP contribution in [0.25, 0.3) is 0 Å². The molecule has 0 N–H and O–H groups in total. The number of hydrogen-bond acceptors (Lipinski definition) is 2. The number of carbonyl (C=O) groups is 1. The second kappa shape index (κ2) is 7.28. The van der Waals surface area contributed by atoms with Gasteiger partial charge in [-0.05, 0) is 22.5 Å². The Morgan fingerprint density at radius 1 is 0.708 bits per heavy atom. The van der Waals surface area contributed by atoms with E-state index in [2.05, 4.69) is 72.8 Å². The van der Waals surface area contributed by atoms with Crippen LogP contribution in [0.1, 0.15) is 6.92 Å². The molecule has 0 bridgehead atoms. The first kappa shape index (κ1) is 16.2. The quantitative estimate of drug-likeness (QED) is 0.393. The number of hydrogen-bond donors (Lipinski definition) is 0. The van der Waals surface area contributed by atoms with E-state index >= 15 is 0 Å². The van der Waals surface area contributed by atoms with E-state index in [9.17, 15) is 4.79 Å². The van der Waals surface area contributed by atoms with E-state index in [0.29, 0.717) is 6.47 Å². The molecular formula is C21H20O2Si. The summed E-state index contributed by atoms with van der Waals surface area (Å²) in [4.78, 5) is 11.2. The zero-order chi connectivity index (χ0) is 16.8. The van der Waals surface area contributed by atoms with E-state index in [1.54, 1.807) is 0 Å². The number of ether oxygens (including phenoxy) is 1. The average molecular weight is 332 g/mol. The van der Waals surface area contributed by atoms with Gasteiger partial charge in [0.15, 0.2) is 8.07 Å². The molecule has 0 aliphatic heterocycles. The lowest BCUT2D eigenvalue weighted by molar-refractivity contribution is -0.129. The molecule has 0 fully saturated rings. The smallest absolute Gasteiger partial charge is 0.293 e. The minimum atomic E-state index is -2.50. The molecule has 1 unspecified atom stereocenters. The largest absolute Gasteiger partial charge is 0.467 e. The summed E-state index contributed by atoms with van der Waals surface area (Å²) in [6.45, 7) is 2.58. The topological polar surface area (TPSA) is 26.3 Å². The zero-order valence-corrected chi connectivity index (χ0v) is 14.6. The normalized spacial score (nSPS) is 12.4. The van der Waals surface area contributed by atoms with Crippen molar-refractivity contribution in [1.29, 1.82) is 0 Å². The molecule has 24 heavy (non-hydrogen) atoms. The van der Waals surface area contributed by atoms with Crippen LogP contribution in [0.15, 0.2) is 91.0 Å². The van der Waals surface area contributed by atoms with E-state index < -0.39 is 8.07 Å². The second-order valence-corrected chi connectivity index (χ2v) is 9.94. The van der Waals surface area contributed by atoms with E-state index in [0.717, 1.165) is 0 Å². The monoisotopic (exact) mass is 332 g/mol. The summed E-state index contributed by atoms with van der Waals surface area (Å²) >= 11 is 0. The molecule has 120 valence electrons. The van der Waals surface area contributed by atoms with E-state index in [1.165, 1.54) is 15.6 Å². The Bertz CT molecular complexity index is 676. The molecule has 0 saturated heterocycles. The Labute approximate surface area is 143 Å². The fourth-order valence-corrected chi connectivity index (χ4v) is 8.32. The highest BCUT2D eigenvalue weighted by atomic mass is 28.3. The number of benzene rings is 3. The molecule has 3 rings (SSSR count). The van der Waals surface area contributed by atoms with Gasteiger partial charge in [-0.25, -0.2) is 0 Å². The third kappa shape index (κ3) is 2.79. The number of rotatable bonds is 6. The van der Waals surface area contributed by atoms with Crippen LogP contribution in [-0.2, 0) is 9.53 Å². The van der Waals surface area contributed by atoms with Gasteiger partial charge in [-0.2, -0.15) is 0 Å². The number of carbonyl (C=O) groups excluding carboxylic acids is 1. The minimum Gasteiger partial charge on any atom is -0.467 e. The van der Waals surface area contributed by atoms with Gasteiger partial charge < -0.3 is 4.74 Å². The highest BCUT2D eigenvalue weighted by Gasteiger charge is 2.46. The van der Waals surface area contributed by atoms with Crippen LogP contribution in [0.3, 0.4) is 0 Å². The van der Waals surface area contributed by atoms with Crippen LogP contribution < -0.4 is 15.6 Å². The van der Waals surface area contributed by atoms with Gasteiger partial charge in [0.1, 0.15) is 5.73 Å². The van der Waals surface area contributed by atoms with Crippen LogP contribution >= 0.6 is 0 Å². The second-order valence-electron chi connectivity index (χ2n) is 5.78. The maximum Gasteiger partial charge on any atom is 0.293 e. The van der Waals surface area contributed by atoms with Crippen LogP contribution in [0.5, 0.6) is 0 Å². The summed E-state index contributed by atoms with van der Waals surface area (Å²) < 4.78 is 5.55. The Morgan fingerprint density at radius 3 is 1.33 bits per heavy atom. The Morgan fingerprint density at radius 2 is 1.04 bits per heavy atom. The van der Waals surface area contributed by atoms with Gasteiger partial charge in [0.2, 0.25) is 0 Å². The summed E-state index contributed by atoms with van der Waals surface area (Å²) in [5.41, 5.74) is -0.220. The van der Waals surface area contributed by atoms with Crippen LogP contribution in [0.4, 0.5) is 0 Å². The van der Waals surface area contributed by atoms with Crippen LogP contribution in [-0.4, -0.2) is 20.3 Å². The Kier molecular flexibility index (Phi) is 4.92. The van der Waals surface area contributed by atoms with E-state index in [4.69, 9.17) is 4.74 Å². The first-order valence-corrected chi connectivity index (χ1v) is 10.1. The predicted octanol–water partition coefficient (Wildman–Crippen LogP) is 2.26. The van der Waals surface area contributed by atoms with E-state index in [1.807, 2.05) is 25.1 Å². The summed E-state index contributed by atoms with van der Waals surface area (Å²) in [5.74, 6) is 0. The van der Waals surface area contributed by atoms with Gasteiger partial charge >= 0.3 is 0 Å². The van der Waals surface area contributed by atoms with E-state index in [-0.39, 0.29) is 5.73 Å². The van der Waals surface area contributed by atoms with Crippen molar-refractivity contribution in [3.05, 3.63) is 91.0 Å². The predicted molar refractivity (Wildman–Crippen MR) is 101 cm³/mol. The Balaban J connectivity index is 2.35. The molecule has 2 nitrogen and oxygen atoms in total. The van der Waals surface area contributed by atoms with Gasteiger partial charge in [-0.3, -0.25) is 4.79 Å². The summed E-state index contributed by atoms with van der Waals surface area (Å²) in [6.07, 6.45) is 0. The van der Waals surface area contributed by atoms with Crippen molar-refractivity contribution in [3.63, 3.8) is 0 Å². The molecule has 0 heterocycles. The Hall–Kier alpha value is -2.65. The van der Waals surface area contributed by atoms with Crippen molar-refractivity contribution in [1.82, 2.24) is 0 Å². The van der Waals surface area contributed by atoms with Crippen molar-refractivity contribution in [2.75, 3.05) is 0 Å². The summed E-state index contributed by atoms with van der Waals surface area (Å²) in [5, 5.41) is 3.70. The molecular weight excluding hydrogens is 312 g/mol. The molecule has 3 aromatic carbocycles. The first-order valence-electron chi connectivity index (χ1n) is 8.06. The molecule has 0 aromatic heterocycles. The molecule has 3 aromatic rings. The SMILES string of the molecule is CC(OC=O)[Si](c1ccccc1)(c1ccccc1)c1ccccc1. The minimum absolute atomic E-state index is 0.220. The first-order chi connectivity index (χ1) is 11.8. The standard InChI is InChI=1S/C21H20O2Si/c1-18(23-17-22)24(19-11-5-2-6-12-19,20-13-7-3-8-14-20)21-15-9-4-10-16-21/h2-18H,1H3. The van der Waals surface area contributed by atoms with Crippen molar-refractivity contribution >= 4 is 30.1 Å². The van der Waals surface area contributed by atoms with Crippen molar-refractivity contribution in [2.24, 2.45) is 0 Å². The van der Waals surface area contributed by atoms with Crippen molar-refractivity contribution in [2.45, 2.75) is 12.7 Å². The maximum atomic E-state index is 11.2. The fraction of sp³-hybridized carbons (Fsp3) is 0.0952. The molecule has 1 atom stereocenters. The van der Waals surface area contributed by atoms with Gasteiger partial charge in [0, 0.05) is 0 Å². The van der Waals surface area contributed by atoms with Gasteiger partial charge in [0.05, 0.1) is 0 Å². The fourth-order valence-electron chi connectivity index (χ4n) is 3.49. The summed E-state index contributed by atoms with van der Waals surface area (Å²) in [7, 11) is -2.50. The maximum absolute atomic E-state index is 11.2. The average Bonchev–Trinajstić information content (AvgIpc) is 2.65. The molecule has 0 radical (unpaired) electrons. The highest BCUT2D eigenvalue weighted by molar-refractivity contribution is 7.12. The van der Waals surface area contributed by atoms with Gasteiger partial charge in [0.25, 0.3) is 6.47 Å². The van der Waals surface area contributed by atoms with Crippen LogP contribution in [0.2, 0.25) is 0 Å². The molecule has 0 aliphatic carbocycles. The third-order valence-corrected chi connectivity index (χ3v) is 9.64. The zero-order valence-electron chi connectivity index (χ0n) is 13.6. The lowest BCUT2D eigenvalue weighted by Crippen LogP contribution is -2.74. The van der Waals surface area contributed by atoms with Crippen molar-refractivity contribution < 1.29 is 9.53 Å². The van der Waals surface area contributed by atoms with Gasteiger partial charge in [-0.15, -0.1) is 0 Å². The highest BCUT2D eigenvalue weighted by Crippen LogP contribution is 2.14. The van der Waals surface area contributed by atoms with Crippen molar-refractivity contribution in [3.8, 4) is 0 Å². The molecule has 0 aliphatic rings. The van der Waals surface area contributed by atoms with Gasteiger partial charge in [-0.1, -0.05) is 91.0 Å².